The second kappa shape index (κ2) is 11.4. The molecule has 1 aliphatic heterocycles. The highest BCUT2D eigenvalue weighted by molar-refractivity contribution is 7.31. The number of fused-ring (bicyclic) bond motifs is 2. The number of nitrogens with zero attached hydrogens (tertiary/aromatic N) is 4. The Labute approximate surface area is 302 Å². The van der Waals surface area contributed by atoms with Crippen molar-refractivity contribution >= 4 is 53.1 Å². The maximum atomic E-state index is 2.70. The Kier molecular flexibility index (Phi) is 6.47. The van der Waals surface area contributed by atoms with E-state index in [0.29, 0.717) is 0 Å². The molecule has 0 aliphatic carbocycles. The molecule has 0 unspecified atom stereocenters. The average molecular weight is 687 g/mol. The van der Waals surface area contributed by atoms with Gasteiger partial charge in [-0.1, -0.05) is 128 Å². The summed E-state index contributed by atoms with van der Waals surface area (Å²) in [6.07, 6.45) is 5.77. The third-order valence-corrected chi connectivity index (χ3v) is 13.2. The summed E-state index contributed by atoms with van der Waals surface area (Å²) in [6, 6.07) is 58.3. The molecule has 0 N–H and O–H groups in total. The quantitative estimate of drug-likeness (QED) is 0.155. The van der Waals surface area contributed by atoms with Gasteiger partial charge in [-0.15, -0.1) is 0 Å². The minimum atomic E-state index is -1.17. The number of benzene rings is 4. The first kappa shape index (κ1) is 29.5. The fraction of sp³-hybridized carbons (Fsp3) is 0.0638. The SMILES string of the molecule is CCC[n+]1c2c(-c3ccccc3)c3ccc4c(-c5ccccc5)c5ccc6c(-c7ccccc7)c7ccc(c(-c8ccccc8)c1C=C2)n7p(n34)[n+]56. The molecule has 246 valence electrons. The third kappa shape index (κ3) is 4.04. The lowest BCUT2D eigenvalue weighted by Crippen LogP contribution is -2.38. The van der Waals surface area contributed by atoms with E-state index in [0.717, 1.165) is 13.0 Å². The Balaban J connectivity index is 1.52. The first-order chi connectivity index (χ1) is 25.8. The van der Waals surface area contributed by atoms with E-state index in [1.54, 1.807) is 0 Å². The summed E-state index contributed by atoms with van der Waals surface area (Å²) < 4.78 is 10.7. The third-order valence-electron chi connectivity index (χ3n) is 10.8. The van der Waals surface area contributed by atoms with Gasteiger partial charge in [0, 0.05) is 18.6 Å². The molecular weight excluding hydrogens is 652 g/mol. The minimum Gasteiger partial charge on any atom is -0.191 e. The lowest BCUT2D eigenvalue weighted by atomic mass is 10.0. The van der Waals surface area contributed by atoms with Crippen LogP contribution in [0.3, 0.4) is 0 Å². The molecule has 5 heteroatoms. The molecule has 0 atom stereocenters. The van der Waals surface area contributed by atoms with E-state index in [1.807, 2.05) is 0 Å². The van der Waals surface area contributed by atoms with Gasteiger partial charge in [0.05, 0.1) is 22.3 Å². The van der Waals surface area contributed by atoms with Crippen molar-refractivity contribution in [2.75, 3.05) is 0 Å². The lowest BCUT2D eigenvalue weighted by molar-refractivity contribution is -0.696. The van der Waals surface area contributed by atoms with E-state index in [-0.39, 0.29) is 0 Å². The van der Waals surface area contributed by atoms with Crippen LogP contribution in [0.4, 0.5) is 0 Å². The largest absolute Gasteiger partial charge is 0.347 e. The topological polar surface area (TPSA) is 16.8 Å². The van der Waals surface area contributed by atoms with Crippen LogP contribution >= 0.6 is 7.82 Å². The van der Waals surface area contributed by atoms with E-state index < -0.39 is 7.82 Å². The van der Waals surface area contributed by atoms with Gasteiger partial charge in [0.15, 0.2) is 0 Å². The summed E-state index contributed by atoms with van der Waals surface area (Å²) in [7, 11) is -1.17. The van der Waals surface area contributed by atoms with Gasteiger partial charge in [-0.2, -0.15) is 17.1 Å². The van der Waals surface area contributed by atoms with Crippen molar-refractivity contribution < 1.29 is 8.73 Å². The number of hydrogen-bond acceptors (Lipinski definition) is 0. The van der Waals surface area contributed by atoms with Gasteiger partial charge >= 0.3 is 7.82 Å². The van der Waals surface area contributed by atoms with Crippen LogP contribution in [0.2, 0.25) is 0 Å². The summed E-state index contributed by atoms with van der Waals surface area (Å²) in [4.78, 5) is 0. The Morgan fingerprint density at radius 3 is 1.13 bits per heavy atom. The maximum absolute atomic E-state index is 2.70. The molecule has 0 radical (unpaired) electrons. The predicted molar refractivity (Wildman–Crippen MR) is 216 cm³/mol. The van der Waals surface area contributed by atoms with E-state index in [2.05, 4.69) is 194 Å². The first-order valence-electron chi connectivity index (χ1n) is 18.2. The van der Waals surface area contributed by atoms with Crippen LogP contribution in [-0.4, -0.2) is 8.33 Å². The predicted octanol–water partition coefficient (Wildman–Crippen LogP) is 11.4. The summed E-state index contributed by atoms with van der Waals surface area (Å²) in [6.45, 7) is 3.20. The van der Waals surface area contributed by atoms with Crippen LogP contribution in [0, 0.1) is 0 Å². The highest BCUT2D eigenvalue weighted by atomic mass is 31.1. The summed E-state index contributed by atoms with van der Waals surface area (Å²) in [5, 5.41) is 0. The monoisotopic (exact) mass is 686 g/mol. The standard InChI is InChI=1S/C47H35N4P/c1-2-31-48-36-23-24-37(48)45(33-17-9-4-10-18-33)39-26-28-41-47(35-21-13-6-14-22-35)43-30-29-42-46(34-19-11-5-12-20-34)40-27-25-38(44(36)32-15-7-3-8-16-32)49(40)52(50(39)41)51(42)43/h3-30H,2,31H2,1H3/q+2. The van der Waals surface area contributed by atoms with Crippen LogP contribution in [0.1, 0.15) is 24.7 Å². The molecule has 11 rings (SSSR count). The molecule has 52 heavy (non-hydrogen) atoms. The zero-order valence-electron chi connectivity index (χ0n) is 28.8. The van der Waals surface area contributed by atoms with Crippen LogP contribution in [0.15, 0.2) is 158 Å². The fourth-order valence-electron chi connectivity index (χ4n) is 8.76. The van der Waals surface area contributed by atoms with Gasteiger partial charge in [0.2, 0.25) is 11.4 Å². The molecule has 0 amide bonds. The highest BCUT2D eigenvalue weighted by Crippen LogP contribution is 2.45. The van der Waals surface area contributed by atoms with Gasteiger partial charge in [0.25, 0.3) is 0 Å². The van der Waals surface area contributed by atoms with E-state index in [9.17, 15) is 0 Å². The normalized spacial score (nSPS) is 12.4. The highest BCUT2D eigenvalue weighted by Gasteiger charge is 2.34. The minimum absolute atomic E-state index is 0.912. The molecule has 0 fully saturated rings. The molecule has 4 aromatic carbocycles. The van der Waals surface area contributed by atoms with Crippen LogP contribution < -0.4 is 8.73 Å². The number of hydrogen-bond donors (Lipinski definition) is 0. The summed E-state index contributed by atoms with van der Waals surface area (Å²) in [5.41, 5.74) is 20.0. The molecule has 1 aliphatic rings. The van der Waals surface area contributed by atoms with Crippen molar-refractivity contribution in [1.82, 2.24) is 8.33 Å². The Morgan fingerprint density at radius 2 is 0.769 bits per heavy atom. The van der Waals surface area contributed by atoms with E-state index >= 15 is 0 Å². The zero-order valence-corrected chi connectivity index (χ0v) is 29.7. The van der Waals surface area contributed by atoms with E-state index in [4.69, 9.17) is 0 Å². The Bertz CT molecular complexity index is 2840. The fourth-order valence-corrected chi connectivity index (χ4v) is 11.5. The van der Waals surface area contributed by atoms with E-state index in [1.165, 1.54) is 89.0 Å². The first-order valence-corrected chi connectivity index (χ1v) is 19.4. The van der Waals surface area contributed by atoms with Crippen molar-refractivity contribution in [2.45, 2.75) is 19.9 Å². The molecule has 4 nitrogen and oxygen atoms in total. The van der Waals surface area contributed by atoms with Crippen molar-refractivity contribution in [1.29, 1.82) is 0 Å². The second-order valence-corrected chi connectivity index (χ2v) is 15.5. The Morgan fingerprint density at radius 1 is 0.423 bits per heavy atom. The number of rotatable bonds is 6. The Hall–Kier alpha value is -6.22. The van der Waals surface area contributed by atoms with Crippen LogP contribution in [-0.2, 0) is 6.54 Å². The molecule has 0 saturated heterocycles. The van der Waals surface area contributed by atoms with Gasteiger partial charge in [-0.25, -0.2) is 0 Å². The van der Waals surface area contributed by atoms with Gasteiger partial charge in [-0.05, 0) is 58.7 Å². The molecule has 7 heterocycles. The molecule has 2 bridgehead atoms. The molecule has 10 aromatic rings. The van der Waals surface area contributed by atoms with Gasteiger partial charge in [-0.3, -0.25) is 0 Å². The van der Waals surface area contributed by atoms with Crippen molar-refractivity contribution in [3.05, 3.63) is 169 Å². The van der Waals surface area contributed by atoms with Crippen LogP contribution in [0.25, 0.3) is 89.8 Å². The van der Waals surface area contributed by atoms with Crippen LogP contribution in [0.5, 0.6) is 0 Å². The zero-order chi connectivity index (χ0) is 34.3. The summed E-state index contributed by atoms with van der Waals surface area (Å²) in [5.74, 6) is 0. The van der Waals surface area contributed by atoms with Crippen molar-refractivity contribution in [3.8, 4) is 44.5 Å². The molecule has 0 spiro atoms. The van der Waals surface area contributed by atoms with Gasteiger partial charge < -0.3 is 0 Å². The number of aromatic nitrogens is 4. The molecular formula is C47H35N4P+2. The maximum Gasteiger partial charge on any atom is 0.347 e. The molecule has 6 aromatic heterocycles. The summed E-state index contributed by atoms with van der Waals surface area (Å²) >= 11 is 0. The lowest BCUT2D eigenvalue weighted by Gasteiger charge is -2.14. The average Bonchev–Trinajstić information content (AvgIpc) is 4.01. The second-order valence-electron chi connectivity index (χ2n) is 13.7. The van der Waals surface area contributed by atoms with Crippen molar-refractivity contribution in [2.24, 2.45) is 0 Å². The molecule has 0 saturated carbocycles. The van der Waals surface area contributed by atoms with Crippen molar-refractivity contribution in [3.63, 3.8) is 0 Å². The van der Waals surface area contributed by atoms with Gasteiger partial charge in [0.1, 0.15) is 39.6 Å². The smallest absolute Gasteiger partial charge is 0.191 e.